The number of benzene rings is 1. The smallest absolute Gasteiger partial charge is 0.410 e. The van der Waals surface area contributed by atoms with Gasteiger partial charge in [-0.2, -0.15) is 0 Å². The molecule has 2 atom stereocenters. The Morgan fingerprint density at radius 1 is 1.50 bits per heavy atom. The second-order valence-corrected chi connectivity index (χ2v) is 6.74. The largest absolute Gasteiger partial charge is 0.422 e. The van der Waals surface area contributed by atoms with Gasteiger partial charge in [-0.25, -0.2) is 19.8 Å². The molecule has 0 aromatic heterocycles. The number of amides is 1. The molecule has 2 aliphatic rings. The van der Waals surface area contributed by atoms with Crippen LogP contribution in [0.4, 0.5) is 4.79 Å². The zero-order valence-corrected chi connectivity index (χ0v) is 15.0. The molecule has 2 fully saturated rings. The van der Waals surface area contributed by atoms with E-state index >= 15 is 0 Å². The first-order valence-corrected chi connectivity index (χ1v) is 8.64. The number of nitro groups is 1. The minimum atomic E-state index is -0.804. The number of nitrogens with zero attached hydrogens (tertiary/aromatic N) is 4. The molecule has 2 saturated heterocycles. The van der Waals surface area contributed by atoms with Crippen molar-refractivity contribution < 1.29 is 19.3 Å². The van der Waals surface area contributed by atoms with Crippen LogP contribution >= 0.6 is 11.6 Å². The van der Waals surface area contributed by atoms with Gasteiger partial charge in [-0.05, 0) is 31.5 Å². The number of hydrazone groups is 1. The molecular weight excluding hydrogens is 364 g/mol. The Balaban J connectivity index is 1.71. The number of hydrogen-bond acceptors (Lipinski definition) is 5. The zero-order valence-electron chi connectivity index (χ0n) is 14.2. The summed E-state index contributed by atoms with van der Waals surface area (Å²) in [5.74, 6) is 0.492. The number of rotatable bonds is 4. The van der Waals surface area contributed by atoms with Crippen LogP contribution in [0.5, 0.6) is 5.75 Å². The molecule has 1 aromatic carbocycles. The summed E-state index contributed by atoms with van der Waals surface area (Å²) < 4.78 is 10.8. The summed E-state index contributed by atoms with van der Waals surface area (Å²) in [7, 11) is 0. The Hall–Kier alpha value is -2.39. The first kappa shape index (κ1) is 18.4. The van der Waals surface area contributed by atoms with Crippen LogP contribution in [0.1, 0.15) is 13.3 Å². The minimum Gasteiger partial charge on any atom is -0.410 e. The fourth-order valence-corrected chi connectivity index (χ4v) is 3.34. The summed E-state index contributed by atoms with van der Waals surface area (Å²) in [5.41, 5.74) is 0. The highest BCUT2D eigenvalue weighted by Gasteiger charge is 2.37. The van der Waals surface area contributed by atoms with Crippen LogP contribution in [-0.4, -0.2) is 59.2 Å². The first-order valence-electron chi connectivity index (χ1n) is 8.27. The monoisotopic (exact) mass is 382 g/mol. The fraction of sp³-hybridized carbons (Fsp3) is 0.500. The zero-order chi connectivity index (χ0) is 18.7. The van der Waals surface area contributed by atoms with Crippen molar-refractivity contribution >= 4 is 23.7 Å². The van der Waals surface area contributed by atoms with Crippen molar-refractivity contribution in [3.63, 3.8) is 0 Å². The molecular formula is C16H19ClN4O5. The minimum absolute atomic E-state index is 0.0124. The number of hydrogen-bond donors (Lipinski definition) is 0. The lowest BCUT2D eigenvalue weighted by Gasteiger charge is -2.21. The Morgan fingerprint density at radius 2 is 2.31 bits per heavy atom. The SMILES string of the molecule is CC1CC(CN2CCN(C(=O)Oc3cccc(Cl)c3)C2=N[N+](=O)[O-])CO1. The molecule has 0 N–H and O–H groups in total. The van der Waals surface area contributed by atoms with Gasteiger partial charge in [0, 0.05) is 24.0 Å². The van der Waals surface area contributed by atoms with Crippen molar-refractivity contribution in [2.45, 2.75) is 19.4 Å². The van der Waals surface area contributed by atoms with E-state index in [1.165, 1.54) is 11.0 Å². The summed E-state index contributed by atoms with van der Waals surface area (Å²) in [6, 6.07) is 6.38. The molecule has 0 spiro atoms. The van der Waals surface area contributed by atoms with Gasteiger partial charge in [0.05, 0.1) is 19.3 Å². The number of guanidine groups is 1. The van der Waals surface area contributed by atoms with Crippen LogP contribution < -0.4 is 4.74 Å². The predicted molar refractivity (Wildman–Crippen MR) is 93.7 cm³/mol. The molecule has 9 nitrogen and oxygen atoms in total. The standard InChI is InChI=1S/C16H19ClN4O5/c1-11-7-12(10-25-11)9-19-5-6-20(15(19)18-21(23)24)16(22)26-14-4-2-3-13(17)8-14/h2-4,8,11-12H,5-7,9-10H2,1H3. The van der Waals surface area contributed by atoms with E-state index in [2.05, 4.69) is 5.10 Å². The van der Waals surface area contributed by atoms with Crippen LogP contribution in [0.2, 0.25) is 5.02 Å². The molecule has 2 heterocycles. The molecule has 10 heteroatoms. The number of ether oxygens (including phenoxy) is 2. The maximum Gasteiger partial charge on any atom is 0.422 e. The van der Waals surface area contributed by atoms with Gasteiger partial charge in [0.25, 0.3) is 5.96 Å². The van der Waals surface area contributed by atoms with E-state index in [9.17, 15) is 14.9 Å². The Kier molecular flexibility index (Phi) is 5.58. The van der Waals surface area contributed by atoms with Crippen molar-refractivity contribution in [3.8, 4) is 5.75 Å². The summed E-state index contributed by atoms with van der Waals surface area (Å²) >= 11 is 5.88. The van der Waals surface area contributed by atoms with Crippen molar-refractivity contribution in [2.75, 3.05) is 26.2 Å². The maximum absolute atomic E-state index is 12.5. The molecule has 0 saturated carbocycles. The third-order valence-corrected chi connectivity index (χ3v) is 4.51. The molecule has 26 heavy (non-hydrogen) atoms. The summed E-state index contributed by atoms with van der Waals surface area (Å²) in [6.07, 6.45) is 0.309. The predicted octanol–water partition coefficient (Wildman–Crippen LogP) is 2.43. The van der Waals surface area contributed by atoms with E-state index in [0.29, 0.717) is 24.7 Å². The quantitative estimate of drug-likeness (QED) is 0.586. The van der Waals surface area contributed by atoms with Gasteiger partial charge in [-0.3, -0.25) is 0 Å². The van der Waals surface area contributed by atoms with Crippen LogP contribution in [0.3, 0.4) is 0 Å². The fourth-order valence-electron chi connectivity index (χ4n) is 3.16. The second-order valence-electron chi connectivity index (χ2n) is 6.31. The molecule has 140 valence electrons. The lowest BCUT2D eigenvalue weighted by atomic mass is 10.1. The summed E-state index contributed by atoms with van der Waals surface area (Å²) in [5, 5.41) is 14.0. The van der Waals surface area contributed by atoms with Gasteiger partial charge in [-0.15, -0.1) is 0 Å². The average molecular weight is 383 g/mol. The maximum atomic E-state index is 12.5. The van der Waals surface area contributed by atoms with Crippen molar-refractivity contribution in [3.05, 3.63) is 39.4 Å². The number of halogens is 1. The molecule has 0 radical (unpaired) electrons. The Morgan fingerprint density at radius 3 is 2.96 bits per heavy atom. The molecule has 1 aromatic rings. The van der Waals surface area contributed by atoms with Gasteiger partial charge in [-0.1, -0.05) is 17.7 Å². The molecule has 2 aliphatic heterocycles. The van der Waals surface area contributed by atoms with Crippen molar-refractivity contribution in [1.82, 2.24) is 9.80 Å². The third-order valence-electron chi connectivity index (χ3n) is 4.27. The topological polar surface area (TPSA) is 97.5 Å². The van der Waals surface area contributed by atoms with Crippen molar-refractivity contribution in [1.29, 1.82) is 0 Å². The van der Waals surface area contributed by atoms with E-state index in [1.54, 1.807) is 23.1 Å². The van der Waals surface area contributed by atoms with Crippen LogP contribution in [0, 0.1) is 16.0 Å². The molecule has 1 amide bonds. The van der Waals surface area contributed by atoms with Crippen LogP contribution in [0.15, 0.2) is 29.4 Å². The Bertz CT molecular complexity index is 728. The number of carbonyl (C=O) groups is 1. The van der Waals surface area contributed by atoms with E-state index in [4.69, 9.17) is 21.1 Å². The molecule has 0 bridgehead atoms. The van der Waals surface area contributed by atoms with Gasteiger partial charge in [0.2, 0.25) is 0 Å². The van der Waals surface area contributed by atoms with Gasteiger partial charge >= 0.3 is 6.09 Å². The van der Waals surface area contributed by atoms with Crippen molar-refractivity contribution in [2.24, 2.45) is 11.0 Å². The highest BCUT2D eigenvalue weighted by Crippen LogP contribution is 2.23. The van der Waals surface area contributed by atoms with E-state index in [-0.39, 0.29) is 30.3 Å². The lowest BCUT2D eigenvalue weighted by Crippen LogP contribution is -2.41. The molecule has 2 unspecified atom stereocenters. The van der Waals surface area contributed by atoms with Gasteiger partial charge in [0.1, 0.15) is 10.9 Å². The highest BCUT2D eigenvalue weighted by molar-refractivity contribution is 6.30. The molecule has 0 aliphatic carbocycles. The lowest BCUT2D eigenvalue weighted by molar-refractivity contribution is -0.486. The van der Waals surface area contributed by atoms with Crippen LogP contribution in [0.25, 0.3) is 0 Å². The van der Waals surface area contributed by atoms with Crippen LogP contribution in [-0.2, 0) is 4.74 Å². The van der Waals surface area contributed by atoms with E-state index in [0.717, 1.165) is 6.42 Å². The average Bonchev–Trinajstić information content (AvgIpc) is 3.14. The molecule has 3 rings (SSSR count). The second kappa shape index (κ2) is 7.88. The third kappa shape index (κ3) is 4.41. The van der Waals surface area contributed by atoms with Gasteiger partial charge < -0.3 is 14.4 Å². The number of carbonyl (C=O) groups excluding carboxylic acids is 1. The highest BCUT2D eigenvalue weighted by atomic mass is 35.5. The normalized spacial score (nSPS) is 24.3. The van der Waals surface area contributed by atoms with Gasteiger partial charge in [0.15, 0.2) is 5.03 Å². The van der Waals surface area contributed by atoms with E-state index in [1.807, 2.05) is 6.92 Å². The first-order chi connectivity index (χ1) is 12.4. The Labute approximate surface area is 155 Å². The summed E-state index contributed by atoms with van der Waals surface area (Å²) in [6.45, 7) is 3.83. The summed E-state index contributed by atoms with van der Waals surface area (Å²) in [4.78, 5) is 26.3. The van der Waals surface area contributed by atoms with E-state index < -0.39 is 11.1 Å².